The summed E-state index contributed by atoms with van der Waals surface area (Å²) in [5.41, 5.74) is 1.47. The van der Waals surface area contributed by atoms with Gasteiger partial charge in [0.15, 0.2) is 0 Å². The van der Waals surface area contributed by atoms with Gasteiger partial charge in [-0.2, -0.15) is 0 Å². The molecule has 0 bridgehead atoms. The molecule has 144 valence electrons. The molecule has 0 spiro atoms. The summed E-state index contributed by atoms with van der Waals surface area (Å²) in [5.74, 6) is -0.516. The molecule has 2 heterocycles. The minimum absolute atomic E-state index is 0.0932. The Morgan fingerprint density at radius 1 is 0.893 bits per heavy atom. The van der Waals surface area contributed by atoms with Crippen molar-refractivity contribution in [1.29, 1.82) is 0 Å². The second-order valence-corrected chi connectivity index (χ2v) is 7.00. The average Bonchev–Trinajstić information content (AvgIpc) is 3.15. The molecule has 1 saturated heterocycles. The van der Waals surface area contributed by atoms with E-state index in [0.717, 1.165) is 5.52 Å². The molecule has 1 aliphatic rings. The number of aryl methyl sites for hydroxylation is 1. The van der Waals surface area contributed by atoms with Crippen molar-refractivity contribution in [3.8, 4) is 0 Å². The van der Waals surface area contributed by atoms with E-state index < -0.39 is 5.82 Å². The second-order valence-electron chi connectivity index (χ2n) is 7.00. The Bertz CT molecular complexity index is 1010. The number of hydrogen-bond donors (Lipinski definition) is 0. The van der Waals surface area contributed by atoms with E-state index in [0.29, 0.717) is 44.7 Å². The molecule has 2 aromatic carbocycles. The Morgan fingerprint density at radius 2 is 1.64 bits per heavy atom. The molecular weight excluding hydrogens is 357 g/mol. The topological polar surface area (TPSA) is 45.6 Å². The van der Waals surface area contributed by atoms with Gasteiger partial charge in [0.25, 0.3) is 5.91 Å². The highest BCUT2D eigenvalue weighted by Gasteiger charge is 2.24. The average molecular weight is 379 g/mol. The van der Waals surface area contributed by atoms with E-state index in [1.54, 1.807) is 15.9 Å². The first-order chi connectivity index (χ1) is 13.6. The number of carbonyl (C=O) groups excluding carboxylic acids is 2. The number of hydrogen-bond acceptors (Lipinski definition) is 2. The molecule has 0 unspecified atom stereocenters. The van der Waals surface area contributed by atoms with Crippen molar-refractivity contribution in [1.82, 2.24) is 14.4 Å². The zero-order valence-corrected chi connectivity index (χ0v) is 15.6. The van der Waals surface area contributed by atoms with Gasteiger partial charge in [-0.15, -0.1) is 0 Å². The number of halogens is 1. The number of nitrogens with zero attached hydrogens (tertiary/aromatic N) is 3. The fraction of sp³-hybridized carbons (Fsp3) is 0.273. The van der Waals surface area contributed by atoms with Gasteiger partial charge >= 0.3 is 0 Å². The monoisotopic (exact) mass is 379 g/mol. The second kappa shape index (κ2) is 7.84. The fourth-order valence-electron chi connectivity index (χ4n) is 3.67. The Kier molecular flexibility index (Phi) is 5.10. The van der Waals surface area contributed by atoms with E-state index in [-0.39, 0.29) is 11.8 Å². The molecule has 0 radical (unpaired) electrons. The third-order valence-corrected chi connectivity index (χ3v) is 5.24. The molecule has 0 N–H and O–H groups in total. The molecule has 3 aromatic rings. The number of amides is 2. The van der Waals surface area contributed by atoms with Crippen LogP contribution >= 0.6 is 0 Å². The summed E-state index contributed by atoms with van der Waals surface area (Å²) >= 11 is 0. The Morgan fingerprint density at radius 3 is 2.43 bits per heavy atom. The summed E-state index contributed by atoms with van der Waals surface area (Å²) in [6.45, 7) is 2.58. The zero-order chi connectivity index (χ0) is 19.5. The highest BCUT2D eigenvalue weighted by molar-refractivity contribution is 5.94. The summed E-state index contributed by atoms with van der Waals surface area (Å²) in [4.78, 5) is 28.6. The van der Waals surface area contributed by atoms with E-state index in [2.05, 4.69) is 22.8 Å². The maximum atomic E-state index is 13.3. The lowest BCUT2D eigenvalue weighted by atomic mass is 10.1. The van der Waals surface area contributed by atoms with Crippen molar-refractivity contribution < 1.29 is 14.0 Å². The van der Waals surface area contributed by atoms with Gasteiger partial charge in [-0.25, -0.2) is 4.39 Å². The van der Waals surface area contributed by atoms with Crippen LogP contribution in [0.2, 0.25) is 0 Å². The number of para-hydroxylation sites is 1. The van der Waals surface area contributed by atoms with Crippen LogP contribution in [0, 0.1) is 5.82 Å². The first kappa shape index (κ1) is 18.2. The standard InChI is InChI=1S/C22H22FN3O2/c23-19-6-3-5-18(16-19)22(28)26-14-12-25(13-15-26)21(27)9-11-24-10-8-17-4-1-2-7-20(17)24/h1-8,10,16H,9,11-15H2. The predicted molar refractivity (Wildman–Crippen MR) is 105 cm³/mol. The first-order valence-corrected chi connectivity index (χ1v) is 9.48. The summed E-state index contributed by atoms with van der Waals surface area (Å²) in [5, 5.41) is 1.17. The number of aromatic nitrogens is 1. The van der Waals surface area contributed by atoms with Crippen molar-refractivity contribution in [2.75, 3.05) is 26.2 Å². The minimum atomic E-state index is -0.419. The number of fused-ring (bicyclic) bond motifs is 1. The molecule has 0 saturated carbocycles. The molecular formula is C22H22FN3O2. The van der Waals surface area contributed by atoms with Crippen molar-refractivity contribution >= 4 is 22.7 Å². The Hall–Kier alpha value is -3.15. The largest absolute Gasteiger partial charge is 0.347 e. The zero-order valence-electron chi connectivity index (χ0n) is 15.6. The van der Waals surface area contributed by atoms with E-state index in [1.165, 1.54) is 23.6 Å². The van der Waals surface area contributed by atoms with Crippen LogP contribution in [0.4, 0.5) is 4.39 Å². The van der Waals surface area contributed by atoms with Crippen molar-refractivity contribution in [2.24, 2.45) is 0 Å². The van der Waals surface area contributed by atoms with Crippen molar-refractivity contribution in [2.45, 2.75) is 13.0 Å². The lowest BCUT2D eigenvalue weighted by Gasteiger charge is -2.35. The molecule has 4 rings (SSSR count). The van der Waals surface area contributed by atoms with E-state index in [9.17, 15) is 14.0 Å². The summed E-state index contributed by atoms with van der Waals surface area (Å²) in [7, 11) is 0. The van der Waals surface area contributed by atoms with Crippen LogP contribution in [0.3, 0.4) is 0 Å². The number of piperazine rings is 1. The fourth-order valence-corrected chi connectivity index (χ4v) is 3.67. The molecule has 2 amide bonds. The van der Waals surface area contributed by atoms with Gasteiger partial charge in [-0.3, -0.25) is 9.59 Å². The molecule has 1 fully saturated rings. The van der Waals surface area contributed by atoms with E-state index in [1.807, 2.05) is 18.3 Å². The van der Waals surface area contributed by atoms with Gasteiger partial charge < -0.3 is 14.4 Å². The first-order valence-electron chi connectivity index (χ1n) is 9.48. The highest BCUT2D eigenvalue weighted by Crippen LogP contribution is 2.16. The van der Waals surface area contributed by atoms with Crippen LogP contribution in [0.1, 0.15) is 16.8 Å². The van der Waals surface area contributed by atoms with E-state index >= 15 is 0 Å². The molecule has 0 atom stereocenters. The van der Waals surface area contributed by atoms with Crippen LogP contribution in [0.15, 0.2) is 60.8 Å². The Balaban J connectivity index is 1.31. The predicted octanol–water partition coefficient (Wildman–Crippen LogP) is 3.16. The summed E-state index contributed by atoms with van der Waals surface area (Å²) in [6, 6.07) is 15.9. The number of rotatable bonds is 4. The van der Waals surface area contributed by atoms with Crippen LogP contribution in [0.5, 0.6) is 0 Å². The summed E-state index contributed by atoms with van der Waals surface area (Å²) < 4.78 is 15.4. The third-order valence-electron chi connectivity index (χ3n) is 5.24. The molecule has 0 aliphatic carbocycles. The Labute approximate surface area is 163 Å². The summed E-state index contributed by atoms with van der Waals surface area (Å²) in [6.07, 6.45) is 2.43. The van der Waals surface area contributed by atoms with Crippen LogP contribution < -0.4 is 0 Å². The van der Waals surface area contributed by atoms with Crippen molar-refractivity contribution in [3.05, 3.63) is 72.2 Å². The number of carbonyl (C=O) groups is 2. The lowest BCUT2D eigenvalue weighted by Crippen LogP contribution is -2.50. The van der Waals surface area contributed by atoms with Crippen LogP contribution in [0.25, 0.3) is 10.9 Å². The smallest absolute Gasteiger partial charge is 0.254 e. The normalized spacial score (nSPS) is 14.5. The maximum Gasteiger partial charge on any atom is 0.254 e. The highest BCUT2D eigenvalue weighted by atomic mass is 19.1. The lowest BCUT2D eigenvalue weighted by molar-refractivity contribution is -0.132. The third kappa shape index (κ3) is 3.76. The van der Waals surface area contributed by atoms with Gasteiger partial charge in [0.1, 0.15) is 5.82 Å². The SMILES string of the molecule is O=C(CCn1ccc2ccccc21)N1CCN(C(=O)c2cccc(F)c2)CC1. The molecule has 1 aliphatic heterocycles. The molecule has 6 heteroatoms. The van der Waals surface area contributed by atoms with E-state index in [4.69, 9.17) is 0 Å². The van der Waals surface area contributed by atoms with Crippen LogP contribution in [-0.2, 0) is 11.3 Å². The number of benzene rings is 2. The van der Waals surface area contributed by atoms with Crippen molar-refractivity contribution in [3.63, 3.8) is 0 Å². The van der Waals surface area contributed by atoms with Gasteiger partial charge in [0.05, 0.1) is 0 Å². The van der Waals surface area contributed by atoms with Gasteiger partial charge in [-0.1, -0.05) is 24.3 Å². The minimum Gasteiger partial charge on any atom is -0.347 e. The van der Waals surface area contributed by atoms with Gasteiger partial charge in [0, 0.05) is 56.4 Å². The molecule has 28 heavy (non-hydrogen) atoms. The van der Waals surface area contributed by atoms with Gasteiger partial charge in [0.2, 0.25) is 5.91 Å². The van der Waals surface area contributed by atoms with Gasteiger partial charge in [-0.05, 0) is 35.7 Å². The quantitative estimate of drug-likeness (QED) is 0.699. The molecule has 1 aromatic heterocycles. The maximum absolute atomic E-state index is 13.3. The van der Waals surface area contributed by atoms with Crippen LogP contribution in [-0.4, -0.2) is 52.4 Å². The molecule has 5 nitrogen and oxygen atoms in total.